The molecule has 0 aliphatic carbocycles. The number of phenolic OH excluding ortho intramolecular Hbond substituents is 1. The van der Waals surface area contributed by atoms with E-state index in [-0.39, 0.29) is 11.3 Å². The molecule has 0 amide bonds. The van der Waals surface area contributed by atoms with E-state index in [1.165, 1.54) is 0 Å². The maximum absolute atomic E-state index is 12.9. The number of hydrogen-bond acceptors (Lipinski definition) is 4. The van der Waals surface area contributed by atoms with Gasteiger partial charge in [0.15, 0.2) is 0 Å². The van der Waals surface area contributed by atoms with Gasteiger partial charge in [-0.25, -0.2) is 0 Å². The molecule has 2 aromatic carbocycles. The van der Waals surface area contributed by atoms with Gasteiger partial charge in [-0.3, -0.25) is 14.0 Å². The molecule has 0 bridgehead atoms. The van der Waals surface area contributed by atoms with Crippen molar-refractivity contribution in [3.63, 3.8) is 0 Å². The summed E-state index contributed by atoms with van der Waals surface area (Å²) >= 11 is 0. The topological polar surface area (TPSA) is 72.1 Å². The van der Waals surface area contributed by atoms with Gasteiger partial charge >= 0.3 is 0 Å². The van der Waals surface area contributed by atoms with Crippen LogP contribution in [0, 0.1) is 6.92 Å². The third-order valence-electron chi connectivity index (χ3n) is 4.84. The number of benzene rings is 2. The van der Waals surface area contributed by atoms with Crippen molar-refractivity contribution in [2.45, 2.75) is 13.5 Å². The van der Waals surface area contributed by atoms with Gasteiger partial charge in [0.25, 0.3) is 5.56 Å². The molecular formula is C23H22N4O2. The first-order chi connectivity index (χ1) is 14.0. The number of rotatable bonds is 5. The highest BCUT2D eigenvalue weighted by Crippen LogP contribution is 2.28. The lowest BCUT2D eigenvalue weighted by atomic mass is 10.1. The summed E-state index contributed by atoms with van der Waals surface area (Å²) < 4.78 is 3.34. The molecule has 0 aliphatic heterocycles. The van der Waals surface area contributed by atoms with E-state index in [9.17, 15) is 9.90 Å². The minimum atomic E-state index is -0.151. The second kappa shape index (κ2) is 7.67. The largest absolute Gasteiger partial charge is 0.508 e. The van der Waals surface area contributed by atoms with E-state index in [4.69, 9.17) is 0 Å². The lowest BCUT2D eigenvalue weighted by Gasteiger charge is -2.16. The van der Waals surface area contributed by atoms with Crippen molar-refractivity contribution in [1.29, 1.82) is 0 Å². The molecule has 2 heterocycles. The highest BCUT2D eigenvalue weighted by Gasteiger charge is 2.13. The summed E-state index contributed by atoms with van der Waals surface area (Å²) in [6.07, 6.45) is 5.52. The monoisotopic (exact) mass is 386 g/mol. The standard InChI is InChI=1S/C23H22N4O2/c1-16-10-19(28)8-9-22(16)27-15-20(18-13-25-26(2)14-18)21(11-23(27)29)24-12-17-6-4-3-5-7-17/h3-11,13-15,24,28H,12H2,1-2H3. The van der Waals surface area contributed by atoms with Crippen LogP contribution in [-0.4, -0.2) is 19.5 Å². The maximum Gasteiger partial charge on any atom is 0.257 e. The lowest BCUT2D eigenvalue weighted by molar-refractivity contribution is 0.474. The fourth-order valence-electron chi connectivity index (χ4n) is 3.36. The first-order valence-electron chi connectivity index (χ1n) is 9.35. The number of phenols is 1. The minimum absolute atomic E-state index is 0.151. The molecule has 6 nitrogen and oxygen atoms in total. The van der Waals surface area contributed by atoms with E-state index in [1.54, 1.807) is 39.7 Å². The summed E-state index contributed by atoms with van der Waals surface area (Å²) in [5, 5.41) is 17.4. The van der Waals surface area contributed by atoms with Gasteiger partial charge in [-0.15, -0.1) is 0 Å². The van der Waals surface area contributed by atoms with Crippen molar-refractivity contribution in [1.82, 2.24) is 14.3 Å². The number of pyridine rings is 1. The van der Waals surface area contributed by atoms with E-state index < -0.39 is 0 Å². The number of nitrogens with zero attached hydrogens (tertiary/aromatic N) is 3. The van der Waals surface area contributed by atoms with Crippen LogP contribution in [0.1, 0.15) is 11.1 Å². The van der Waals surface area contributed by atoms with Gasteiger partial charge in [0, 0.05) is 48.9 Å². The maximum atomic E-state index is 12.9. The van der Waals surface area contributed by atoms with Crippen LogP contribution in [0.15, 0.2) is 78.0 Å². The Morgan fingerprint density at radius 3 is 2.55 bits per heavy atom. The Kier molecular flexibility index (Phi) is 4.91. The molecule has 0 unspecified atom stereocenters. The quantitative estimate of drug-likeness (QED) is 0.546. The molecule has 0 radical (unpaired) electrons. The third kappa shape index (κ3) is 3.91. The van der Waals surface area contributed by atoms with Crippen LogP contribution >= 0.6 is 0 Å². The average molecular weight is 386 g/mol. The van der Waals surface area contributed by atoms with Gasteiger partial charge < -0.3 is 10.4 Å². The highest BCUT2D eigenvalue weighted by atomic mass is 16.3. The summed E-state index contributed by atoms with van der Waals surface area (Å²) in [5.41, 5.74) is 5.06. The Morgan fingerprint density at radius 2 is 1.86 bits per heavy atom. The molecule has 0 fully saturated rings. The molecule has 0 atom stereocenters. The second-order valence-electron chi connectivity index (χ2n) is 7.02. The predicted molar refractivity (Wildman–Crippen MR) is 114 cm³/mol. The zero-order chi connectivity index (χ0) is 20.4. The van der Waals surface area contributed by atoms with Gasteiger partial charge in [0.2, 0.25) is 0 Å². The third-order valence-corrected chi connectivity index (χ3v) is 4.84. The SMILES string of the molecule is Cc1cc(O)ccc1-n1cc(-c2cnn(C)c2)c(NCc2ccccc2)cc1=O. The molecule has 0 spiro atoms. The molecule has 0 saturated heterocycles. The van der Waals surface area contributed by atoms with Crippen LogP contribution in [0.5, 0.6) is 5.75 Å². The first kappa shape index (κ1) is 18.6. The zero-order valence-electron chi connectivity index (χ0n) is 16.3. The molecule has 2 N–H and O–H groups in total. The fraction of sp³-hybridized carbons (Fsp3) is 0.130. The summed E-state index contributed by atoms with van der Waals surface area (Å²) in [5.74, 6) is 0.174. The molecule has 0 aliphatic rings. The van der Waals surface area contributed by atoms with Gasteiger partial charge in [0.05, 0.1) is 11.9 Å². The van der Waals surface area contributed by atoms with E-state index in [0.717, 1.165) is 33.6 Å². The Labute approximate surface area is 168 Å². The Morgan fingerprint density at radius 1 is 1.07 bits per heavy atom. The Bertz CT molecular complexity index is 1210. The molecule has 29 heavy (non-hydrogen) atoms. The van der Waals surface area contributed by atoms with Crippen molar-refractivity contribution in [2.75, 3.05) is 5.32 Å². The van der Waals surface area contributed by atoms with E-state index in [1.807, 2.05) is 56.7 Å². The molecule has 2 aromatic heterocycles. The predicted octanol–water partition coefficient (Wildman–Crippen LogP) is 3.86. The Balaban J connectivity index is 1.80. The van der Waals surface area contributed by atoms with Crippen LogP contribution in [-0.2, 0) is 13.6 Å². The summed E-state index contributed by atoms with van der Waals surface area (Å²) in [6.45, 7) is 2.47. The summed E-state index contributed by atoms with van der Waals surface area (Å²) in [6, 6.07) is 16.6. The summed E-state index contributed by atoms with van der Waals surface area (Å²) in [4.78, 5) is 12.9. The van der Waals surface area contributed by atoms with Gasteiger partial charge in [0.1, 0.15) is 5.75 Å². The zero-order valence-corrected chi connectivity index (χ0v) is 16.3. The molecule has 146 valence electrons. The van der Waals surface area contributed by atoms with Crippen molar-refractivity contribution in [3.8, 4) is 22.6 Å². The van der Waals surface area contributed by atoms with Crippen LogP contribution in [0.25, 0.3) is 16.8 Å². The van der Waals surface area contributed by atoms with Gasteiger partial charge in [-0.1, -0.05) is 30.3 Å². The number of nitrogens with one attached hydrogen (secondary N) is 1. The van der Waals surface area contributed by atoms with Crippen LogP contribution in [0.2, 0.25) is 0 Å². The fourth-order valence-corrected chi connectivity index (χ4v) is 3.36. The molecule has 4 rings (SSSR count). The number of aromatic hydroxyl groups is 1. The first-order valence-corrected chi connectivity index (χ1v) is 9.35. The molecule has 4 aromatic rings. The molecule has 6 heteroatoms. The van der Waals surface area contributed by atoms with Gasteiger partial charge in [-0.05, 0) is 36.2 Å². The van der Waals surface area contributed by atoms with Crippen molar-refractivity contribution < 1.29 is 5.11 Å². The number of aromatic nitrogens is 3. The van der Waals surface area contributed by atoms with Crippen molar-refractivity contribution >= 4 is 5.69 Å². The van der Waals surface area contributed by atoms with Crippen LogP contribution < -0.4 is 10.9 Å². The smallest absolute Gasteiger partial charge is 0.257 e. The van der Waals surface area contributed by atoms with E-state index in [0.29, 0.717) is 6.54 Å². The highest BCUT2D eigenvalue weighted by molar-refractivity contribution is 5.76. The summed E-state index contributed by atoms with van der Waals surface area (Å²) in [7, 11) is 1.86. The van der Waals surface area contributed by atoms with E-state index in [2.05, 4.69) is 10.4 Å². The average Bonchev–Trinajstić information content (AvgIpc) is 3.14. The van der Waals surface area contributed by atoms with Crippen molar-refractivity contribution in [3.05, 3.63) is 94.7 Å². The van der Waals surface area contributed by atoms with Crippen LogP contribution in [0.3, 0.4) is 0 Å². The second-order valence-corrected chi connectivity index (χ2v) is 7.02. The number of aryl methyl sites for hydroxylation is 2. The number of anilines is 1. The minimum Gasteiger partial charge on any atom is -0.508 e. The Hall–Kier alpha value is -3.80. The lowest BCUT2D eigenvalue weighted by Crippen LogP contribution is -2.19. The molecule has 0 saturated carbocycles. The number of hydrogen-bond donors (Lipinski definition) is 2. The van der Waals surface area contributed by atoms with Crippen molar-refractivity contribution in [2.24, 2.45) is 7.05 Å². The van der Waals surface area contributed by atoms with Crippen LogP contribution in [0.4, 0.5) is 5.69 Å². The van der Waals surface area contributed by atoms with Gasteiger partial charge in [-0.2, -0.15) is 5.10 Å². The normalized spacial score (nSPS) is 10.8. The van der Waals surface area contributed by atoms with E-state index >= 15 is 0 Å². The molecular weight excluding hydrogens is 364 g/mol.